The number of halogens is 1. The summed E-state index contributed by atoms with van der Waals surface area (Å²) in [5, 5.41) is 2.86. The van der Waals surface area contributed by atoms with E-state index in [0.29, 0.717) is 5.75 Å². The van der Waals surface area contributed by atoms with E-state index in [1.54, 1.807) is 18.6 Å². The van der Waals surface area contributed by atoms with Crippen molar-refractivity contribution in [1.29, 1.82) is 0 Å². The number of rotatable bonds is 6. The van der Waals surface area contributed by atoms with Crippen LogP contribution in [-0.2, 0) is 4.79 Å². The molecular formula is C19H18FN3O2. The van der Waals surface area contributed by atoms with Crippen LogP contribution in [0.5, 0.6) is 5.75 Å². The van der Waals surface area contributed by atoms with Gasteiger partial charge in [0.1, 0.15) is 11.6 Å². The maximum atomic E-state index is 13.1. The number of hydrogen-bond donors (Lipinski definition) is 1. The first-order valence-corrected chi connectivity index (χ1v) is 7.88. The highest BCUT2D eigenvalue weighted by molar-refractivity contribution is 5.78. The van der Waals surface area contributed by atoms with Crippen LogP contribution < -0.4 is 10.1 Å². The van der Waals surface area contributed by atoms with Gasteiger partial charge < -0.3 is 14.6 Å². The molecule has 0 aliphatic carbocycles. The second-order valence-corrected chi connectivity index (χ2v) is 5.60. The lowest BCUT2D eigenvalue weighted by Crippen LogP contribution is -2.31. The lowest BCUT2D eigenvalue weighted by Gasteiger charge is -2.15. The first-order chi connectivity index (χ1) is 12.1. The van der Waals surface area contributed by atoms with Crippen molar-refractivity contribution >= 4 is 5.91 Å². The highest BCUT2D eigenvalue weighted by Crippen LogP contribution is 2.16. The van der Waals surface area contributed by atoms with Crippen molar-refractivity contribution < 1.29 is 13.9 Å². The minimum Gasteiger partial charge on any atom is -0.484 e. The molecule has 0 spiro atoms. The second kappa shape index (κ2) is 7.61. The van der Waals surface area contributed by atoms with Crippen molar-refractivity contribution in [2.75, 3.05) is 6.61 Å². The highest BCUT2D eigenvalue weighted by Gasteiger charge is 2.10. The van der Waals surface area contributed by atoms with Gasteiger partial charge in [0.05, 0.1) is 12.4 Å². The van der Waals surface area contributed by atoms with E-state index in [1.807, 2.05) is 42.0 Å². The van der Waals surface area contributed by atoms with Gasteiger partial charge in [-0.05, 0) is 36.8 Å². The molecule has 0 fully saturated rings. The smallest absolute Gasteiger partial charge is 0.258 e. The summed E-state index contributed by atoms with van der Waals surface area (Å²) in [5.74, 6) is -0.341. The Labute approximate surface area is 145 Å². The topological polar surface area (TPSA) is 56.1 Å². The van der Waals surface area contributed by atoms with Crippen molar-refractivity contribution in [3.05, 3.63) is 78.6 Å². The number of ether oxygens (including phenoxy) is 1. The zero-order valence-corrected chi connectivity index (χ0v) is 13.7. The molecule has 0 saturated heterocycles. The van der Waals surface area contributed by atoms with E-state index < -0.39 is 5.82 Å². The monoisotopic (exact) mass is 339 g/mol. The van der Waals surface area contributed by atoms with Gasteiger partial charge in [-0.15, -0.1) is 0 Å². The molecule has 0 saturated carbocycles. The standard InChI is InChI=1S/C19H18FN3O2/c1-14(15-5-7-17(8-6-15)23-10-9-21-13-23)22-19(24)12-25-18-4-2-3-16(20)11-18/h2-11,13-14H,12H2,1H3,(H,22,24)/t14-/m1/s1. The summed E-state index contributed by atoms with van der Waals surface area (Å²) in [6.45, 7) is 1.73. The van der Waals surface area contributed by atoms with Gasteiger partial charge in [-0.25, -0.2) is 9.37 Å². The molecule has 0 aliphatic heterocycles. The maximum Gasteiger partial charge on any atom is 0.258 e. The van der Waals surface area contributed by atoms with Gasteiger partial charge >= 0.3 is 0 Å². The Bertz CT molecular complexity index is 832. The summed E-state index contributed by atoms with van der Waals surface area (Å²) in [7, 11) is 0. The Morgan fingerprint density at radius 1 is 1.28 bits per heavy atom. The average molecular weight is 339 g/mol. The zero-order chi connectivity index (χ0) is 17.6. The number of imidazole rings is 1. The predicted molar refractivity (Wildman–Crippen MR) is 92.0 cm³/mol. The van der Waals surface area contributed by atoms with E-state index in [-0.39, 0.29) is 18.6 Å². The van der Waals surface area contributed by atoms with Crippen LogP contribution in [0.3, 0.4) is 0 Å². The summed E-state index contributed by atoms with van der Waals surface area (Å²) in [6.07, 6.45) is 5.31. The first kappa shape index (κ1) is 16.7. The van der Waals surface area contributed by atoms with Crippen molar-refractivity contribution in [2.24, 2.45) is 0 Å². The SMILES string of the molecule is C[C@@H](NC(=O)COc1cccc(F)c1)c1ccc(-n2ccnc2)cc1. The Morgan fingerprint density at radius 3 is 2.76 bits per heavy atom. The third-order valence-electron chi connectivity index (χ3n) is 3.74. The van der Waals surface area contributed by atoms with Gasteiger partial charge in [0.25, 0.3) is 5.91 Å². The maximum absolute atomic E-state index is 13.1. The molecule has 1 atom stereocenters. The normalized spacial score (nSPS) is 11.8. The third kappa shape index (κ3) is 4.44. The number of hydrogen-bond acceptors (Lipinski definition) is 3. The van der Waals surface area contributed by atoms with Crippen LogP contribution in [0.15, 0.2) is 67.3 Å². The Kier molecular flexibility index (Phi) is 5.09. The molecule has 1 aromatic heterocycles. The number of nitrogens with zero attached hydrogens (tertiary/aromatic N) is 2. The quantitative estimate of drug-likeness (QED) is 0.750. The number of amides is 1. The van der Waals surface area contributed by atoms with Crippen LogP contribution in [0.2, 0.25) is 0 Å². The number of carbonyl (C=O) groups is 1. The van der Waals surface area contributed by atoms with Gasteiger partial charge in [-0.2, -0.15) is 0 Å². The van der Waals surface area contributed by atoms with Gasteiger partial charge in [0, 0.05) is 24.1 Å². The summed E-state index contributed by atoms with van der Waals surface area (Å²) >= 11 is 0. The van der Waals surface area contributed by atoms with Crippen LogP contribution in [0.25, 0.3) is 5.69 Å². The van der Waals surface area contributed by atoms with Crippen molar-refractivity contribution in [3.63, 3.8) is 0 Å². The number of carbonyl (C=O) groups excluding carboxylic acids is 1. The van der Waals surface area contributed by atoms with Crippen LogP contribution in [-0.4, -0.2) is 22.1 Å². The highest BCUT2D eigenvalue weighted by atomic mass is 19.1. The summed E-state index contributed by atoms with van der Waals surface area (Å²) in [6, 6.07) is 13.4. The molecule has 1 heterocycles. The lowest BCUT2D eigenvalue weighted by atomic mass is 10.1. The molecule has 5 nitrogen and oxygen atoms in total. The number of nitrogens with one attached hydrogen (secondary N) is 1. The molecule has 3 aromatic rings. The van der Waals surface area contributed by atoms with E-state index in [0.717, 1.165) is 11.3 Å². The Balaban J connectivity index is 1.54. The molecule has 1 N–H and O–H groups in total. The molecule has 6 heteroatoms. The number of benzene rings is 2. The third-order valence-corrected chi connectivity index (χ3v) is 3.74. The van der Waals surface area contributed by atoms with Crippen molar-refractivity contribution in [3.8, 4) is 11.4 Å². The van der Waals surface area contributed by atoms with Crippen LogP contribution >= 0.6 is 0 Å². The first-order valence-electron chi connectivity index (χ1n) is 7.88. The fourth-order valence-corrected chi connectivity index (χ4v) is 2.42. The minimum atomic E-state index is -0.399. The summed E-state index contributed by atoms with van der Waals surface area (Å²) in [4.78, 5) is 16.0. The Morgan fingerprint density at radius 2 is 2.08 bits per heavy atom. The number of aromatic nitrogens is 2. The Hall–Kier alpha value is -3.15. The summed E-state index contributed by atoms with van der Waals surface area (Å²) < 4.78 is 20.3. The van der Waals surface area contributed by atoms with E-state index in [2.05, 4.69) is 10.3 Å². The second-order valence-electron chi connectivity index (χ2n) is 5.60. The van der Waals surface area contributed by atoms with Crippen molar-refractivity contribution in [2.45, 2.75) is 13.0 Å². The van der Waals surface area contributed by atoms with E-state index >= 15 is 0 Å². The fraction of sp³-hybridized carbons (Fsp3) is 0.158. The molecule has 0 aliphatic rings. The molecule has 0 unspecified atom stereocenters. The molecule has 0 bridgehead atoms. The molecule has 2 aromatic carbocycles. The van der Waals surface area contributed by atoms with Crippen LogP contribution in [0, 0.1) is 5.82 Å². The minimum absolute atomic E-state index is 0.166. The molecular weight excluding hydrogens is 321 g/mol. The van der Waals surface area contributed by atoms with Gasteiger partial charge in [-0.3, -0.25) is 4.79 Å². The molecule has 128 valence electrons. The molecule has 1 amide bonds. The molecule has 3 rings (SSSR count). The van der Waals surface area contributed by atoms with E-state index in [1.165, 1.54) is 18.2 Å². The average Bonchev–Trinajstić information content (AvgIpc) is 3.15. The molecule has 0 radical (unpaired) electrons. The van der Waals surface area contributed by atoms with Crippen LogP contribution in [0.4, 0.5) is 4.39 Å². The predicted octanol–water partition coefficient (Wildman–Crippen LogP) is 3.27. The van der Waals surface area contributed by atoms with Gasteiger partial charge in [-0.1, -0.05) is 18.2 Å². The zero-order valence-electron chi connectivity index (χ0n) is 13.7. The van der Waals surface area contributed by atoms with Gasteiger partial charge in [0.15, 0.2) is 6.61 Å². The van der Waals surface area contributed by atoms with Crippen LogP contribution in [0.1, 0.15) is 18.5 Å². The van der Waals surface area contributed by atoms with E-state index in [4.69, 9.17) is 4.74 Å². The van der Waals surface area contributed by atoms with Crippen molar-refractivity contribution in [1.82, 2.24) is 14.9 Å². The van der Waals surface area contributed by atoms with Gasteiger partial charge in [0.2, 0.25) is 0 Å². The fourth-order valence-electron chi connectivity index (χ4n) is 2.42. The molecule has 25 heavy (non-hydrogen) atoms. The largest absolute Gasteiger partial charge is 0.484 e. The lowest BCUT2D eigenvalue weighted by molar-refractivity contribution is -0.123. The summed E-state index contributed by atoms with van der Waals surface area (Å²) in [5.41, 5.74) is 1.97. The van der Waals surface area contributed by atoms with E-state index in [9.17, 15) is 9.18 Å².